The van der Waals surface area contributed by atoms with Gasteiger partial charge in [0.15, 0.2) is 0 Å². The van der Waals surface area contributed by atoms with E-state index in [1.807, 2.05) is 0 Å². The Morgan fingerprint density at radius 2 is 2.21 bits per heavy atom. The van der Waals surface area contributed by atoms with Crippen LogP contribution in [0.1, 0.15) is 20.3 Å². The van der Waals surface area contributed by atoms with Crippen LogP contribution in [0.4, 0.5) is 11.4 Å². The Morgan fingerprint density at radius 3 is 3.00 bits per heavy atom. The maximum absolute atomic E-state index is 3.46. The van der Waals surface area contributed by atoms with Gasteiger partial charge in [-0.2, -0.15) is 0 Å². The Kier molecular flexibility index (Phi) is 2.62. The Morgan fingerprint density at radius 1 is 1.43 bits per heavy atom. The molecule has 1 unspecified atom stereocenters. The minimum Gasteiger partial charge on any atom is -0.381 e. The van der Waals surface area contributed by atoms with Crippen LogP contribution in [-0.4, -0.2) is 19.1 Å². The monoisotopic (exact) mass is 190 g/mol. The van der Waals surface area contributed by atoms with Gasteiger partial charge in [-0.25, -0.2) is 0 Å². The Bertz CT molecular complexity index is 309. The zero-order chi connectivity index (χ0) is 9.97. The van der Waals surface area contributed by atoms with Gasteiger partial charge >= 0.3 is 0 Å². The van der Waals surface area contributed by atoms with Crippen molar-refractivity contribution in [1.29, 1.82) is 0 Å². The van der Waals surface area contributed by atoms with E-state index in [1.165, 1.54) is 17.8 Å². The van der Waals surface area contributed by atoms with Gasteiger partial charge in [0.2, 0.25) is 0 Å². The topological polar surface area (TPSA) is 15.3 Å². The van der Waals surface area contributed by atoms with Gasteiger partial charge in [-0.15, -0.1) is 0 Å². The van der Waals surface area contributed by atoms with Crippen LogP contribution in [0.5, 0.6) is 0 Å². The van der Waals surface area contributed by atoms with Crippen molar-refractivity contribution < 1.29 is 0 Å². The minimum atomic E-state index is 0.602. The minimum absolute atomic E-state index is 0.602. The van der Waals surface area contributed by atoms with Crippen molar-refractivity contribution in [2.24, 2.45) is 0 Å². The highest BCUT2D eigenvalue weighted by Gasteiger charge is 2.20. The number of anilines is 2. The van der Waals surface area contributed by atoms with Gasteiger partial charge in [0.05, 0.1) is 11.4 Å². The molecule has 1 aromatic rings. The van der Waals surface area contributed by atoms with Gasteiger partial charge in [0.1, 0.15) is 0 Å². The predicted octanol–water partition coefficient (Wildman–Crippen LogP) is 2.72. The molecular weight excluding hydrogens is 172 g/mol. The Labute approximate surface area is 85.9 Å². The average molecular weight is 190 g/mol. The third-order valence-corrected chi connectivity index (χ3v) is 2.80. The van der Waals surface area contributed by atoms with Gasteiger partial charge in [-0.05, 0) is 25.5 Å². The maximum Gasteiger partial charge on any atom is 0.0605 e. The van der Waals surface area contributed by atoms with E-state index >= 15 is 0 Å². The largest absolute Gasteiger partial charge is 0.381 e. The number of hydrogen-bond donors (Lipinski definition) is 1. The molecule has 1 N–H and O–H groups in total. The van der Waals surface area contributed by atoms with Crippen LogP contribution >= 0.6 is 0 Å². The number of fused-ring (bicyclic) bond motifs is 1. The molecular formula is C12H18N2. The summed E-state index contributed by atoms with van der Waals surface area (Å²) in [5.41, 5.74) is 2.63. The quantitative estimate of drug-likeness (QED) is 0.771. The molecule has 0 bridgehead atoms. The van der Waals surface area contributed by atoms with E-state index < -0.39 is 0 Å². The maximum atomic E-state index is 3.46. The van der Waals surface area contributed by atoms with Crippen LogP contribution in [0.3, 0.4) is 0 Å². The van der Waals surface area contributed by atoms with Crippen LogP contribution in [0.2, 0.25) is 0 Å². The number of para-hydroxylation sites is 2. The third-order valence-electron chi connectivity index (χ3n) is 2.80. The molecule has 76 valence electrons. The Hall–Kier alpha value is -1.18. The van der Waals surface area contributed by atoms with Crippen LogP contribution < -0.4 is 10.2 Å². The smallest absolute Gasteiger partial charge is 0.0605 e. The van der Waals surface area contributed by atoms with Gasteiger partial charge < -0.3 is 10.2 Å². The molecule has 0 aromatic heterocycles. The number of benzene rings is 1. The molecule has 0 amide bonds. The lowest BCUT2D eigenvalue weighted by molar-refractivity contribution is 0.634. The van der Waals surface area contributed by atoms with Crippen molar-refractivity contribution in [2.45, 2.75) is 26.3 Å². The fourth-order valence-corrected chi connectivity index (χ4v) is 2.06. The summed E-state index contributed by atoms with van der Waals surface area (Å²) < 4.78 is 0. The fourth-order valence-electron chi connectivity index (χ4n) is 2.06. The molecule has 0 spiro atoms. The highest BCUT2D eigenvalue weighted by atomic mass is 15.2. The second kappa shape index (κ2) is 3.91. The molecule has 0 fully saturated rings. The van der Waals surface area contributed by atoms with Crippen LogP contribution in [-0.2, 0) is 0 Å². The summed E-state index contributed by atoms with van der Waals surface area (Å²) in [7, 11) is 0. The van der Waals surface area contributed by atoms with Gasteiger partial charge in [-0.1, -0.05) is 19.1 Å². The van der Waals surface area contributed by atoms with E-state index in [9.17, 15) is 0 Å². The van der Waals surface area contributed by atoms with Gasteiger partial charge in [0, 0.05) is 19.1 Å². The van der Waals surface area contributed by atoms with Gasteiger partial charge in [-0.3, -0.25) is 0 Å². The molecule has 2 nitrogen and oxygen atoms in total. The number of nitrogens with one attached hydrogen (secondary N) is 1. The summed E-state index contributed by atoms with van der Waals surface area (Å²) in [6.45, 7) is 6.72. The highest BCUT2D eigenvalue weighted by molar-refractivity contribution is 5.72. The number of rotatable bonds is 2. The van der Waals surface area contributed by atoms with Gasteiger partial charge in [0.25, 0.3) is 0 Å². The first-order valence-electron chi connectivity index (χ1n) is 5.42. The third kappa shape index (κ3) is 1.57. The van der Waals surface area contributed by atoms with Crippen LogP contribution in [0.15, 0.2) is 24.3 Å². The van der Waals surface area contributed by atoms with Crippen LogP contribution in [0.25, 0.3) is 0 Å². The summed E-state index contributed by atoms with van der Waals surface area (Å²) in [5.74, 6) is 0. The van der Waals surface area contributed by atoms with E-state index in [1.54, 1.807) is 0 Å². The molecule has 1 heterocycles. The lowest BCUT2D eigenvalue weighted by Crippen LogP contribution is -2.42. The lowest BCUT2D eigenvalue weighted by Gasteiger charge is -2.37. The fraction of sp³-hybridized carbons (Fsp3) is 0.500. The molecule has 1 aliphatic rings. The van der Waals surface area contributed by atoms with Crippen LogP contribution in [0, 0.1) is 0 Å². The average Bonchev–Trinajstić information content (AvgIpc) is 2.23. The molecule has 2 rings (SSSR count). The van der Waals surface area contributed by atoms with Crippen molar-refractivity contribution >= 4 is 11.4 Å². The first kappa shape index (κ1) is 9.38. The number of hydrogen-bond acceptors (Lipinski definition) is 2. The van der Waals surface area contributed by atoms with Crippen molar-refractivity contribution in [3.63, 3.8) is 0 Å². The predicted molar refractivity (Wildman–Crippen MR) is 62.0 cm³/mol. The molecule has 0 saturated carbocycles. The summed E-state index contributed by atoms with van der Waals surface area (Å²) >= 11 is 0. The standard InChI is InChI=1S/C12H18N2/c1-3-8-14-10(2)9-13-11-6-4-5-7-12(11)14/h4-7,10,13H,3,8-9H2,1-2H3. The molecule has 0 radical (unpaired) electrons. The first-order chi connectivity index (χ1) is 6.83. The van der Waals surface area contributed by atoms with Crippen molar-refractivity contribution in [3.05, 3.63) is 24.3 Å². The first-order valence-corrected chi connectivity index (χ1v) is 5.42. The summed E-state index contributed by atoms with van der Waals surface area (Å²) in [5, 5.41) is 3.46. The summed E-state index contributed by atoms with van der Waals surface area (Å²) in [4.78, 5) is 2.49. The zero-order valence-electron chi connectivity index (χ0n) is 8.96. The molecule has 0 saturated heterocycles. The highest BCUT2D eigenvalue weighted by Crippen LogP contribution is 2.30. The Balaban J connectivity index is 2.31. The molecule has 1 atom stereocenters. The van der Waals surface area contributed by atoms with E-state index in [0.717, 1.165) is 13.1 Å². The SMILES string of the molecule is CCCN1c2ccccc2NCC1C. The van der Waals surface area contributed by atoms with Crippen molar-refractivity contribution in [3.8, 4) is 0 Å². The van der Waals surface area contributed by atoms with E-state index in [-0.39, 0.29) is 0 Å². The lowest BCUT2D eigenvalue weighted by atomic mass is 10.1. The summed E-state index contributed by atoms with van der Waals surface area (Å²) in [6, 6.07) is 9.16. The second-order valence-corrected chi connectivity index (χ2v) is 3.94. The molecule has 1 aliphatic heterocycles. The molecule has 14 heavy (non-hydrogen) atoms. The summed E-state index contributed by atoms with van der Waals surface area (Å²) in [6.07, 6.45) is 1.21. The van der Waals surface area contributed by atoms with Crippen molar-refractivity contribution in [2.75, 3.05) is 23.3 Å². The van der Waals surface area contributed by atoms with E-state index in [0.29, 0.717) is 6.04 Å². The normalized spacial score (nSPS) is 20.1. The molecule has 0 aliphatic carbocycles. The van der Waals surface area contributed by atoms with Crippen molar-refractivity contribution in [1.82, 2.24) is 0 Å². The number of nitrogens with zero attached hydrogens (tertiary/aromatic N) is 1. The molecule has 1 aromatic carbocycles. The zero-order valence-corrected chi connectivity index (χ0v) is 8.96. The second-order valence-electron chi connectivity index (χ2n) is 3.94. The molecule has 2 heteroatoms. The van der Waals surface area contributed by atoms with E-state index in [4.69, 9.17) is 0 Å². The van der Waals surface area contributed by atoms with E-state index in [2.05, 4.69) is 48.3 Å².